The number of anilines is 1. The first kappa shape index (κ1) is 16.5. The summed E-state index contributed by atoms with van der Waals surface area (Å²) in [5.41, 5.74) is 2.22. The van der Waals surface area contributed by atoms with Crippen molar-refractivity contribution in [3.63, 3.8) is 0 Å². The first-order valence-corrected chi connectivity index (χ1v) is 8.18. The molecule has 0 radical (unpaired) electrons. The van der Waals surface area contributed by atoms with Gasteiger partial charge in [-0.2, -0.15) is 0 Å². The van der Waals surface area contributed by atoms with Crippen LogP contribution in [0.4, 0.5) is 5.69 Å². The molecule has 0 unspecified atom stereocenters. The predicted octanol–water partition coefficient (Wildman–Crippen LogP) is 2.77. The topological polar surface area (TPSA) is 44.4 Å². The van der Waals surface area contributed by atoms with Crippen molar-refractivity contribution < 1.29 is 4.79 Å². The van der Waals surface area contributed by atoms with Crippen molar-refractivity contribution in [2.45, 2.75) is 32.2 Å². The van der Waals surface area contributed by atoms with E-state index in [1.807, 2.05) is 32.2 Å². The van der Waals surface area contributed by atoms with Gasteiger partial charge in [0.25, 0.3) is 0 Å². The quantitative estimate of drug-likeness (QED) is 0.874. The number of rotatable bonds is 4. The van der Waals surface area contributed by atoms with Crippen LogP contribution in [0, 0.1) is 6.92 Å². The molecule has 116 valence electrons. The fourth-order valence-electron chi connectivity index (χ4n) is 2.57. The van der Waals surface area contributed by atoms with Gasteiger partial charge >= 0.3 is 0 Å². The molecule has 1 aromatic rings. The maximum absolute atomic E-state index is 12.2. The van der Waals surface area contributed by atoms with E-state index < -0.39 is 0 Å². The smallest absolute Gasteiger partial charge is 0.238 e. The summed E-state index contributed by atoms with van der Waals surface area (Å²) in [7, 11) is 2.01. The molecule has 1 heterocycles. The third-order valence-corrected chi connectivity index (χ3v) is 4.99. The van der Waals surface area contributed by atoms with E-state index in [4.69, 9.17) is 0 Å². The average Bonchev–Trinajstić information content (AvgIpc) is 2.45. The highest BCUT2D eigenvalue weighted by atomic mass is 79.9. The van der Waals surface area contributed by atoms with Gasteiger partial charge in [-0.1, -0.05) is 6.07 Å². The van der Waals surface area contributed by atoms with Crippen LogP contribution in [0.15, 0.2) is 22.7 Å². The van der Waals surface area contributed by atoms with Crippen LogP contribution in [0.2, 0.25) is 0 Å². The minimum atomic E-state index is 0.0487. The molecule has 0 spiro atoms. The van der Waals surface area contributed by atoms with Crippen LogP contribution in [0.5, 0.6) is 0 Å². The highest BCUT2D eigenvalue weighted by Crippen LogP contribution is 2.24. The van der Waals surface area contributed by atoms with Crippen LogP contribution in [-0.2, 0) is 4.79 Å². The molecule has 2 N–H and O–H groups in total. The van der Waals surface area contributed by atoms with E-state index in [0.717, 1.165) is 36.1 Å². The first-order valence-electron chi connectivity index (χ1n) is 7.39. The summed E-state index contributed by atoms with van der Waals surface area (Å²) in [6.45, 7) is 6.65. The Hall–Kier alpha value is -0.910. The zero-order chi connectivity index (χ0) is 15.5. The number of hydrogen-bond donors (Lipinski definition) is 2. The Kier molecular flexibility index (Phi) is 5.41. The number of likely N-dealkylation sites (tertiary alicyclic amines) is 1. The maximum atomic E-state index is 12.2. The average molecular weight is 354 g/mol. The van der Waals surface area contributed by atoms with Gasteiger partial charge in [0.2, 0.25) is 5.91 Å². The van der Waals surface area contributed by atoms with Gasteiger partial charge in [0.05, 0.1) is 12.2 Å². The number of hydrogen-bond acceptors (Lipinski definition) is 3. The van der Waals surface area contributed by atoms with Crippen LogP contribution < -0.4 is 10.6 Å². The lowest BCUT2D eigenvalue weighted by molar-refractivity contribution is -0.117. The number of benzene rings is 1. The molecule has 2 rings (SSSR count). The number of piperidine rings is 1. The summed E-state index contributed by atoms with van der Waals surface area (Å²) in [6, 6.07) is 5.94. The molecule has 21 heavy (non-hydrogen) atoms. The first-order chi connectivity index (χ1) is 9.92. The molecule has 4 nitrogen and oxygen atoms in total. The van der Waals surface area contributed by atoms with E-state index in [2.05, 4.69) is 38.4 Å². The molecule has 1 aliphatic heterocycles. The van der Waals surface area contributed by atoms with Crippen LogP contribution >= 0.6 is 15.9 Å². The molecule has 0 aromatic heterocycles. The van der Waals surface area contributed by atoms with Gasteiger partial charge in [0, 0.05) is 23.1 Å². The Morgan fingerprint density at radius 3 is 2.62 bits per heavy atom. The van der Waals surface area contributed by atoms with Crippen LogP contribution in [0.1, 0.15) is 25.3 Å². The third kappa shape index (κ3) is 4.53. The Bertz CT molecular complexity index is 510. The largest absolute Gasteiger partial charge is 0.324 e. The van der Waals surface area contributed by atoms with Gasteiger partial charge in [-0.25, -0.2) is 0 Å². The van der Waals surface area contributed by atoms with Crippen LogP contribution in [-0.4, -0.2) is 43.0 Å². The van der Waals surface area contributed by atoms with Crippen molar-refractivity contribution in [3.8, 4) is 0 Å². The van der Waals surface area contributed by atoms with E-state index in [1.165, 1.54) is 5.56 Å². The van der Waals surface area contributed by atoms with Crippen LogP contribution in [0.25, 0.3) is 0 Å². The Morgan fingerprint density at radius 1 is 1.38 bits per heavy atom. The van der Waals surface area contributed by atoms with Crippen molar-refractivity contribution >= 4 is 27.5 Å². The standard InChI is InChI=1S/C16H24BrN3O/c1-12-4-5-14(13(17)10-12)19-15(21)11-20-8-6-16(2,18-3)7-9-20/h4-5,10,18H,6-9,11H2,1-3H3,(H,19,21). The molecule has 1 aliphatic rings. The predicted molar refractivity (Wildman–Crippen MR) is 90.6 cm³/mol. The fourth-order valence-corrected chi connectivity index (χ4v) is 3.16. The number of halogens is 1. The Balaban J connectivity index is 1.85. The summed E-state index contributed by atoms with van der Waals surface area (Å²) in [6.07, 6.45) is 2.15. The van der Waals surface area contributed by atoms with Crippen molar-refractivity contribution in [3.05, 3.63) is 28.2 Å². The van der Waals surface area contributed by atoms with Crippen LogP contribution in [0.3, 0.4) is 0 Å². The molecule has 5 heteroatoms. The lowest BCUT2D eigenvalue weighted by atomic mass is 9.90. The molecule has 0 bridgehead atoms. The van der Waals surface area contributed by atoms with Gasteiger partial charge in [0.15, 0.2) is 0 Å². The molecular formula is C16H24BrN3O. The number of aryl methyl sites for hydroxylation is 1. The summed E-state index contributed by atoms with van der Waals surface area (Å²) in [5, 5.41) is 6.35. The van der Waals surface area contributed by atoms with E-state index in [9.17, 15) is 4.79 Å². The third-order valence-electron chi connectivity index (χ3n) is 4.33. The van der Waals surface area contributed by atoms with Gasteiger partial charge in [-0.05, 0) is 67.4 Å². The van der Waals surface area contributed by atoms with Crippen molar-refractivity contribution in [2.75, 3.05) is 32.0 Å². The minimum Gasteiger partial charge on any atom is -0.324 e. The van der Waals surface area contributed by atoms with E-state index in [1.54, 1.807) is 0 Å². The molecule has 0 aliphatic carbocycles. The fraction of sp³-hybridized carbons (Fsp3) is 0.562. The number of carbonyl (C=O) groups is 1. The molecule has 0 atom stereocenters. The summed E-state index contributed by atoms with van der Waals surface area (Å²) < 4.78 is 0.928. The zero-order valence-corrected chi connectivity index (χ0v) is 14.6. The second-order valence-electron chi connectivity index (χ2n) is 6.12. The van der Waals surface area contributed by atoms with Gasteiger partial charge in [-0.3, -0.25) is 9.69 Å². The summed E-state index contributed by atoms with van der Waals surface area (Å²) in [5.74, 6) is 0.0487. The number of nitrogens with one attached hydrogen (secondary N) is 2. The molecule has 0 saturated carbocycles. The Labute approximate surface area is 135 Å². The second-order valence-corrected chi connectivity index (χ2v) is 6.97. The lowest BCUT2D eigenvalue weighted by Gasteiger charge is -2.39. The van der Waals surface area contributed by atoms with Crippen molar-refractivity contribution in [2.24, 2.45) is 0 Å². The van der Waals surface area contributed by atoms with Crippen molar-refractivity contribution in [1.82, 2.24) is 10.2 Å². The Morgan fingerprint density at radius 2 is 2.05 bits per heavy atom. The highest BCUT2D eigenvalue weighted by molar-refractivity contribution is 9.10. The zero-order valence-electron chi connectivity index (χ0n) is 13.0. The van der Waals surface area contributed by atoms with E-state index >= 15 is 0 Å². The van der Waals surface area contributed by atoms with Gasteiger partial charge < -0.3 is 10.6 Å². The summed E-state index contributed by atoms with van der Waals surface area (Å²) in [4.78, 5) is 14.4. The second kappa shape index (κ2) is 6.90. The highest BCUT2D eigenvalue weighted by Gasteiger charge is 2.28. The van der Waals surface area contributed by atoms with Gasteiger partial charge in [0.1, 0.15) is 0 Å². The molecule has 1 saturated heterocycles. The number of nitrogens with zero attached hydrogens (tertiary/aromatic N) is 1. The molecule has 1 aromatic carbocycles. The maximum Gasteiger partial charge on any atom is 0.238 e. The monoisotopic (exact) mass is 353 g/mol. The van der Waals surface area contributed by atoms with E-state index in [-0.39, 0.29) is 11.4 Å². The summed E-state index contributed by atoms with van der Waals surface area (Å²) >= 11 is 3.49. The minimum absolute atomic E-state index is 0.0487. The number of carbonyl (C=O) groups excluding carboxylic acids is 1. The molecule has 1 fully saturated rings. The SMILES string of the molecule is CNC1(C)CCN(CC(=O)Nc2ccc(C)cc2Br)CC1. The lowest BCUT2D eigenvalue weighted by Crippen LogP contribution is -2.51. The number of amides is 1. The van der Waals surface area contributed by atoms with Crippen molar-refractivity contribution in [1.29, 1.82) is 0 Å². The molecule has 1 amide bonds. The van der Waals surface area contributed by atoms with E-state index in [0.29, 0.717) is 6.54 Å². The van der Waals surface area contributed by atoms with Gasteiger partial charge in [-0.15, -0.1) is 0 Å². The molecular weight excluding hydrogens is 330 g/mol. The normalized spacial score (nSPS) is 18.5.